The quantitative estimate of drug-likeness (QED) is 0.891. The number of carbonyl (C=O) groups excluding carboxylic acids is 1. The van der Waals surface area contributed by atoms with Crippen molar-refractivity contribution >= 4 is 5.91 Å². The third kappa shape index (κ3) is 3.75. The lowest BCUT2D eigenvalue weighted by molar-refractivity contribution is -0.0632. The molecule has 2 atom stereocenters. The summed E-state index contributed by atoms with van der Waals surface area (Å²) in [5.41, 5.74) is 1.47. The third-order valence-electron chi connectivity index (χ3n) is 3.17. The molecule has 2 unspecified atom stereocenters. The van der Waals surface area contributed by atoms with Gasteiger partial charge in [0.05, 0.1) is 18.2 Å². The van der Waals surface area contributed by atoms with Crippen LogP contribution < -0.4 is 5.32 Å². The van der Waals surface area contributed by atoms with E-state index in [1.165, 1.54) is 0 Å². The Kier molecular flexibility index (Phi) is 4.87. The highest BCUT2D eigenvalue weighted by atomic mass is 16.5. The van der Waals surface area contributed by atoms with E-state index in [0.29, 0.717) is 25.4 Å². The topological polar surface area (TPSA) is 60.5 Å². The van der Waals surface area contributed by atoms with Crippen LogP contribution in [0.1, 0.15) is 29.4 Å². The van der Waals surface area contributed by atoms with Gasteiger partial charge < -0.3 is 14.8 Å². The molecule has 19 heavy (non-hydrogen) atoms. The van der Waals surface area contributed by atoms with Gasteiger partial charge in [0, 0.05) is 25.1 Å². The molecule has 1 amide bonds. The van der Waals surface area contributed by atoms with E-state index >= 15 is 0 Å². The van der Waals surface area contributed by atoms with Gasteiger partial charge in [-0.05, 0) is 32.4 Å². The van der Waals surface area contributed by atoms with E-state index in [9.17, 15) is 4.79 Å². The van der Waals surface area contributed by atoms with Crippen LogP contribution in [-0.4, -0.2) is 42.9 Å². The molecular formula is C14H20N2O3. The largest absolute Gasteiger partial charge is 0.379 e. The average Bonchev–Trinajstić information content (AvgIpc) is 2.42. The maximum atomic E-state index is 12.1. The SMILES string of the molecule is CCOC1COCCC1NC(=O)c1ccc(C)nc1. The van der Waals surface area contributed by atoms with E-state index in [4.69, 9.17) is 9.47 Å². The van der Waals surface area contributed by atoms with Crippen molar-refractivity contribution in [3.63, 3.8) is 0 Å². The minimum atomic E-state index is -0.107. The Balaban J connectivity index is 1.98. The van der Waals surface area contributed by atoms with Crippen LogP contribution in [0.25, 0.3) is 0 Å². The molecule has 1 aromatic rings. The van der Waals surface area contributed by atoms with Gasteiger partial charge in [0.2, 0.25) is 0 Å². The van der Waals surface area contributed by atoms with Gasteiger partial charge in [-0.3, -0.25) is 9.78 Å². The van der Waals surface area contributed by atoms with E-state index in [1.807, 2.05) is 19.9 Å². The number of carbonyl (C=O) groups is 1. The first-order valence-corrected chi connectivity index (χ1v) is 6.63. The van der Waals surface area contributed by atoms with Crippen LogP contribution in [-0.2, 0) is 9.47 Å². The summed E-state index contributed by atoms with van der Waals surface area (Å²) in [5, 5.41) is 3.01. The van der Waals surface area contributed by atoms with Gasteiger partial charge in [0.15, 0.2) is 0 Å². The molecule has 1 saturated heterocycles. The van der Waals surface area contributed by atoms with Crippen LogP contribution in [0.2, 0.25) is 0 Å². The molecule has 0 aliphatic carbocycles. The Morgan fingerprint density at radius 1 is 1.58 bits per heavy atom. The molecule has 1 aromatic heterocycles. The molecular weight excluding hydrogens is 244 g/mol. The molecule has 1 aliphatic heterocycles. The van der Waals surface area contributed by atoms with Gasteiger partial charge in [-0.15, -0.1) is 0 Å². The number of nitrogens with zero attached hydrogens (tertiary/aromatic N) is 1. The number of aryl methyl sites for hydroxylation is 1. The van der Waals surface area contributed by atoms with Crippen LogP contribution in [0.4, 0.5) is 0 Å². The van der Waals surface area contributed by atoms with Crippen molar-refractivity contribution < 1.29 is 14.3 Å². The van der Waals surface area contributed by atoms with Gasteiger partial charge in [-0.1, -0.05) is 0 Å². The van der Waals surface area contributed by atoms with Crippen LogP contribution >= 0.6 is 0 Å². The number of nitrogens with one attached hydrogen (secondary N) is 1. The third-order valence-corrected chi connectivity index (χ3v) is 3.17. The zero-order valence-electron chi connectivity index (χ0n) is 11.4. The summed E-state index contributed by atoms with van der Waals surface area (Å²) in [6.07, 6.45) is 2.30. The average molecular weight is 264 g/mol. The van der Waals surface area contributed by atoms with E-state index < -0.39 is 0 Å². The monoisotopic (exact) mass is 264 g/mol. The van der Waals surface area contributed by atoms with Gasteiger partial charge >= 0.3 is 0 Å². The first kappa shape index (κ1) is 14.0. The first-order chi connectivity index (χ1) is 9.20. The van der Waals surface area contributed by atoms with Gasteiger partial charge in [0.1, 0.15) is 6.10 Å². The second-order valence-electron chi connectivity index (χ2n) is 4.63. The van der Waals surface area contributed by atoms with Crippen molar-refractivity contribution in [2.24, 2.45) is 0 Å². The molecule has 0 radical (unpaired) electrons. The van der Waals surface area contributed by atoms with Crippen LogP contribution in [0.3, 0.4) is 0 Å². The van der Waals surface area contributed by atoms with Gasteiger partial charge in [-0.25, -0.2) is 0 Å². The summed E-state index contributed by atoms with van der Waals surface area (Å²) in [4.78, 5) is 16.3. The Hall–Kier alpha value is -1.46. The predicted molar refractivity (Wildman–Crippen MR) is 71.1 cm³/mol. The summed E-state index contributed by atoms with van der Waals surface area (Å²) in [6, 6.07) is 3.62. The van der Waals surface area contributed by atoms with Crippen LogP contribution in [0, 0.1) is 6.92 Å². The van der Waals surface area contributed by atoms with Crippen LogP contribution in [0.5, 0.6) is 0 Å². The van der Waals surface area contributed by atoms with E-state index in [1.54, 1.807) is 12.3 Å². The summed E-state index contributed by atoms with van der Waals surface area (Å²) in [7, 11) is 0. The predicted octanol–water partition coefficient (Wildman–Crippen LogP) is 1.31. The second kappa shape index (κ2) is 6.63. The van der Waals surface area contributed by atoms with Crippen molar-refractivity contribution in [2.45, 2.75) is 32.4 Å². The molecule has 1 fully saturated rings. The summed E-state index contributed by atoms with van der Waals surface area (Å²) in [6.45, 7) is 5.64. The Labute approximate surface area is 113 Å². The molecule has 1 N–H and O–H groups in total. The van der Waals surface area contributed by atoms with Crippen molar-refractivity contribution in [3.05, 3.63) is 29.6 Å². The molecule has 0 bridgehead atoms. The molecule has 0 aromatic carbocycles. The fourth-order valence-corrected chi connectivity index (χ4v) is 2.11. The number of ether oxygens (including phenoxy) is 2. The van der Waals surface area contributed by atoms with Crippen molar-refractivity contribution in [2.75, 3.05) is 19.8 Å². The molecule has 0 spiro atoms. The summed E-state index contributed by atoms with van der Waals surface area (Å²) >= 11 is 0. The lowest BCUT2D eigenvalue weighted by Gasteiger charge is -2.31. The highest BCUT2D eigenvalue weighted by molar-refractivity contribution is 5.94. The normalized spacial score (nSPS) is 23.1. The molecule has 0 saturated carbocycles. The fourth-order valence-electron chi connectivity index (χ4n) is 2.11. The lowest BCUT2D eigenvalue weighted by Crippen LogP contribution is -2.50. The standard InChI is InChI=1S/C14H20N2O3/c1-3-19-13-9-18-7-6-12(13)16-14(17)11-5-4-10(2)15-8-11/h4-5,8,12-13H,3,6-7,9H2,1-2H3,(H,16,17). The molecule has 5 nitrogen and oxygen atoms in total. The highest BCUT2D eigenvalue weighted by Crippen LogP contribution is 2.12. The minimum Gasteiger partial charge on any atom is -0.379 e. The zero-order chi connectivity index (χ0) is 13.7. The number of aromatic nitrogens is 1. The molecule has 2 rings (SSSR count). The maximum Gasteiger partial charge on any atom is 0.253 e. The number of hydrogen-bond acceptors (Lipinski definition) is 4. The molecule has 104 valence electrons. The highest BCUT2D eigenvalue weighted by Gasteiger charge is 2.27. The number of rotatable bonds is 4. The number of pyridine rings is 1. The Morgan fingerprint density at radius 3 is 3.11 bits per heavy atom. The van der Waals surface area contributed by atoms with Crippen LogP contribution in [0.15, 0.2) is 18.3 Å². The summed E-state index contributed by atoms with van der Waals surface area (Å²) in [5.74, 6) is -0.107. The number of amides is 1. The van der Waals surface area contributed by atoms with Crippen molar-refractivity contribution in [3.8, 4) is 0 Å². The fraction of sp³-hybridized carbons (Fsp3) is 0.571. The van der Waals surface area contributed by atoms with Gasteiger partial charge in [0.25, 0.3) is 5.91 Å². The molecule has 1 aliphatic rings. The van der Waals surface area contributed by atoms with E-state index in [2.05, 4.69) is 10.3 Å². The minimum absolute atomic E-state index is 0.00232. The maximum absolute atomic E-state index is 12.1. The Bertz CT molecular complexity index is 417. The summed E-state index contributed by atoms with van der Waals surface area (Å²) < 4.78 is 11.0. The lowest BCUT2D eigenvalue weighted by atomic mass is 10.1. The zero-order valence-corrected chi connectivity index (χ0v) is 11.4. The second-order valence-corrected chi connectivity index (χ2v) is 4.63. The smallest absolute Gasteiger partial charge is 0.253 e. The number of hydrogen-bond donors (Lipinski definition) is 1. The Morgan fingerprint density at radius 2 is 2.42 bits per heavy atom. The van der Waals surface area contributed by atoms with E-state index in [0.717, 1.165) is 12.1 Å². The molecule has 2 heterocycles. The molecule has 5 heteroatoms. The van der Waals surface area contributed by atoms with Crippen molar-refractivity contribution in [1.82, 2.24) is 10.3 Å². The van der Waals surface area contributed by atoms with Crippen molar-refractivity contribution in [1.29, 1.82) is 0 Å². The van der Waals surface area contributed by atoms with E-state index in [-0.39, 0.29) is 18.1 Å². The first-order valence-electron chi connectivity index (χ1n) is 6.63. The van der Waals surface area contributed by atoms with Gasteiger partial charge in [-0.2, -0.15) is 0 Å².